The highest BCUT2D eigenvalue weighted by Gasteiger charge is 2.04. The van der Waals surface area contributed by atoms with Crippen LogP contribution in [0.3, 0.4) is 0 Å². The maximum Gasteiger partial charge on any atom is 0.0414 e. The normalized spacial score (nSPS) is 11.4. The van der Waals surface area contributed by atoms with Gasteiger partial charge in [0.05, 0.1) is 0 Å². The van der Waals surface area contributed by atoms with Crippen LogP contribution in [0.5, 0.6) is 0 Å². The van der Waals surface area contributed by atoms with E-state index in [2.05, 4.69) is 54.2 Å². The van der Waals surface area contributed by atoms with Crippen molar-refractivity contribution in [3.8, 4) is 0 Å². The summed E-state index contributed by atoms with van der Waals surface area (Å²) in [5, 5.41) is 3.62. The monoisotopic (exact) mass is 223 g/mol. The van der Waals surface area contributed by atoms with E-state index < -0.39 is 0 Å². The van der Waals surface area contributed by atoms with E-state index in [1.54, 1.807) is 0 Å². The van der Waals surface area contributed by atoms with Gasteiger partial charge in [0.25, 0.3) is 0 Å². The Morgan fingerprint density at radius 2 is 2.14 bits per heavy atom. The van der Waals surface area contributed by atoms with E-state index in [-0.39, 0.29) is 0 Å². The number of hydrogen-bond donors (Lipinski definition) is 1. The summed E-state index contributed by atoms with van der Waals surface area (Å²) >= 11 is 6.07. The average molecular weight is 223 g/mol. The van der Waals surface area contributed by atoms with Gasteiger partial charge in [-0.15, -0.1) is 11.3 Å². The number of hydrogen-bond acceptors (Lipinski definition) is 3. The zero-order chi connectivity index (χ0) is 9.97. The zero-order valence-corrected chi connectivity index (χ0v) is 9.81. The van der Waals surface area contributed by atoms with E-state index in [4.69, 9.17) is 0 Å². The van der Waals surface area contributed by atoms with Crippen molar-refractivity contribution in [1.29, 1.82) is 0 Å². The summed E-state index contributed by atoms with van der Waals surface area (Å²) in [6.07, 6.45) is 0. The van der Waals surface area contributed by atoms with E-state index in [0.717, 1.165) is 12.4 Å². The molecule has 14 heavy (non-hydrogen) atoms. The molecule has 0 aliphatic heterocycles. The lowest BCUT2D eigenvalue weighted by Gasteiger charge is -2.11. The van der Waals surface area contributed by atoms with Crippen molar-refractivity contribution in [3.05, 3.63) is 35.2 Å². The molecule has 0 fully saturated rings. The Morgan fingerprint density at radius 3 is 2.93 bits per heavy atom. The van der Waals surface area contributed by atoms with Crippen molar-refractivity contribution in [1.82, 2.24) is 4.90 Å². The molecule has 2 rings (SSSR count). The van der Waals surface area contributed by atoms with Gasteiger partial charge in [-0.3, -0.25) is 4.90 Å². The fraction of sp³-hybridized carbons (Fsp3) is 0.273. The molecule has 0 bridgehead atoms. The SMILES string of the molecule is CN(CS)Cc1csc2ccccc12. The van der Waals surface area contributed by atoms with Gasteiger partial charge < -0.3 is 0 Å². The van der Waals surface area contributed by atoms with Gasteiger partial charge in [0.15, 0.2) is 0 Å². The molecule has 1 heterocycles. The molecule has 0 saturated carbocycles. The number of thiophene rings is 1. The fourth-order valence-electron chi connectivity index (χ4n) is 1.50. The van der Waals surface area contributed by atoms with Crippen molar-refractivity contribution in [2.24, 2.45) is 0 Å². The molecule has 0 spiro atoms. The molecule has 0 N–H and O–H groups in total. The minimum absolute atomic E-state index is 0.796. The molecule has 0 amide bonds. The Hall–Kier alpha value is -0.510. The second kappa shape index (κ2) is 4.34. The molecular weight excluding hydrogens is 210 g/mol. The second-order valence-electron chi connectivity index (χ2n) is 3.41. The smallest absolute Gasteiger partial charge is 0.0414 e. The van der Waals surface area contributed by atoms with E-state index in [1.807, 2.05) is 11.3 Å². The number of thiol groups is 1. The molecule has 0 aliphatic carbocycles. The Balaban J connectivity index is 2.33. The van der Waals surface area contributed by atoms with E-state index in [9.17, 15) is 0 Å². The molecule has 0 aliphatic rings. The maximum absolute atomic E-state index is 4.25. The van der Waals surface area contributed by atoms with Crippen LogP contribution in [0, 0.1) is 0 Å². The molecule has 1 aromatic carbocycles. The standard InChI is InChI=1S/C11H13NS2/c1-12(8-13)6-9-7-14-11-5-3-2-4-10(9)11/h2-5,7,13H,6,8H2,1H3. The Labute approximate surface area is 93.8 Å². The van der Waals surface area contributed by atoms with Crippen LogP contribution in [0.25, 0.3) is 10.1 Å². The first-order chi connectivity index (χ1) is 6.81. The van der Waals surface area contributed by atoms with Crippen LogP contribution in [0.4, 0.5) is 0 Å². The Kier molecular flexibility index (Phi) is 3.11. The Morgan fingerprint density at radius 1 is 1.36 bits per heavy atom. The van der Waals surface area contributed by atoms with Crippen LogP contribution in [0.15, 0.2) is 29.6 Å². The maximum atomic E-state index is 4.25. The minimum atomic E-state index is 0.796. The van der Waals surface area contributed by atoms with Gasteiger partial charge in [0.1, 0.15) is 0 Å². The number of fused-ring (bicyclic) bond motifs is 1. The first kappa shape index (κ1) is 10.0. The molecule has 0 unspecified atom stereocenters. The molecule has 0 radical (unpaired) electrons. The summed E-state index contributed by atoms with van der Waals surface area (Å²) in [5.74, 6) is 0.796. The molecule has 1 nitrogen and oxygen atoms in total. The summed E-state index contributed by atoms with van der Waals surface area (Å²) in [6, 6.07) is 8.54. The van der Waals surface area contributed by atoms with Crippen LogP contribution in [-0.2, 0) is 6.54 Å². The highest BCUT2D eigenvalue weighted by atomic mass is 32.1. The first-order valence-corrected chi connectivity index (χ1v) is 6.07. The molecule has 3 heteroatoms. The summed E-state index contributed by atoms with van der Waals surface area (Å²) in [6.45, 7) is 0.980. The lowest BCUT2D eigenvalue weighted by molar-refractivity contribution is 0.389. The summed E-state index contributed by atoms with van der Waals surface area (Å²) < 4.78 is 1.37. The minimum Gasteiger partial charge on any atom is -0.293 e. The fourth-order valence-corrected chi connectivity index (χ4v) is 2.55. The third-order valence-electron chi connectivity index (χ3n) is 2.24. The quantitative estimate of drug-likeness (QED) is 0.617. The third kappa shape index (κ3) is 1.95. The Bertz CT molecular complexity index is 422. The van der Waals surface area contributed by atoms with Crippen molar-refractivity contribution in [2.45, 2.75) is 6.54 Å². The lowest BCUT2D eigenvalue weighted by Crippen LogP contribution is -2.14. The van der Waals surface area contributed by atoms with Gasteiger partial charge in [-0.1, -0.05) is 18.2 Å². The van der Waals surface area contributed by atoms with Gasteiger partial charge >= 0.3 is 0 Å². The number of rotatable bonds is 3. The van der Waals surface area contributed by atoms with Crippen LogP contribution in [0.2, 0.25) is 0 Å². The van der Waals surface area contributed by atoms with E-state index in [1.165, 1.54) is 15.6 Å². The predicted octanol–water partition coefficient (Wildman–Crippen LogP) is 3.22. The molecular formula is C11H13NS2. The largest absolute Gasteiger partial charge is 0.293 e. The van der Waals surface area contributed by atoms with Gasteiger partial charge in [-0.2, -0.15) is 12.6 Å². The van der Waals surface area contributed by atoms with Gasteiger partial charge in [0.2, 0.25) is 0 Å². The number of benzene rings is 1. The van der Waals surface area contributed by atoms with Crippen LogP contribution < -0.4 is 0 Å². The molecule has 74 valence electrons. The number of nitrogens with zero attached hydrogens (tertiary/aromatic N) is 1. The zero-order valence-electron chi connectivity index (χ0n) is 8.10. The van der Waals surface area contributed by atoms with E-state index >= 15 is 0 Å². The van der Waals surface area contributed by atoms with E-state index in [0.29, 0.717) is 0 Å². The highest BCUT2D eigenvalue weighted by Crippen LogP contribution is 2.26. The average Bonchev–Trinajstić information content (AvgIpc) is 2.62. The van der Waals surface area contributed by atoms with Crippen molar-refractivity contribution < 1.29 is 0 Å². The van der Waals surface area contributed by atoms with Crippen molar-refractivity contribution in [2.75, 3.05) is 12.9 Å². The van der Waals surface area contributed by atoms with Crippen LogP contribution >= 0.6 is 24.0 Å². The van der Waals surface area contributed by atoms with Crippen LogP contribution in [0.1, 0.15) is 5.56 Å². The lowest BCUT2D eigenvalue weighted by atomic mass is 10.2. The van der Waals surface area contributed by atoms with Crippen LogP contribution in [-0.4, -0.2) is 17.8 Å². The van der Waals surface area contributed by atoms with Gasteiger partial charge in [0, 0.05) is 17.1 Å². The molecule has 2 aromatic rings. The topological polar surface area (TPSA) is 3.24 Å². The third-order valence-corrected chi connectivity index (χ3v) is 3.74. The van der Waals surface area contributed by atoms with Crippen molar-refractivity contribution in [3.63, 3.8) is 0 Å². The highest BCUT2D eigenvalue weighted by molar-refractivity contribution is 7.80. The predicted molar refractivity (Wildman–Crippen MR) is 67.1 cm³/mol. The molecule has 0 saturated heterocycles. The molecule has 0 atom stereocenters. The second-order valence-corrected chi connectivity index (χ2v) is 4.61. The summed E-state index contributed by atoms with van der Waals surface area (Å²) in [5.41, 5.74) is 1.40. The summed E-state index contributed by atoms with van der Waals surface area (Å²) in [4.78, 5) is 2.19. The van der Waals surface area contributed by atoms with Crippen molar-refractivity contribution >= 4 is 34.1 Å². The molecule has 1 aromatic heterocycles. The van der Waals surface area contributed by atoms with Gasteiger partial charge in [-0.25, -0.2) is 0 Å². The summed E-state index contributed by atoms with van der Waals surface area (Å²) in [7, 11) is 2.08. The van der Waals surface area contributed by atoms with Gasteiger partial charge in [-0.05, 0) is 29.4 Å². The first-order valence-electron chi connectivity index (χ1n) is 4.56.